The molecule has 0 aliphatic heterocycles. The molecule has 0 aromatic heterocycles. The Morgan fingerprint density at radius 3 is 1.37 bits per heavy atom. The largest absolute Gasteiger partial charge is 0.494 e. The average molecular weight is 1030 g/mol. The topological polar surface area (TPSA) is 218 Å². The third kappa shape index (κ3) is 14.1. The van der Waals surface area contributed by atoms with Crippen LogP contribution in [0.25, 0.3) is 0 Å². The van der Waals surface area contributed by atoms with Crippen LogP contribution in [0.5, 0.6) is 11.5 Å². The molecule has 68 heavy (non-hydrogen) atoms. The van der Waals surface area contributed by atoms with Gasteiger partial charge >= 0.3 is 0 Å². The summed E-state index contributed by atoms with van der Waals surface area (Å²) in [6.07, 6.45) is 0. The van der Waals surface area contributed by atoms with Gasteiger partial charge in [-0.25, -0.2) is 0 Å². The van der Waals surface area contributed by atoms with Gasteiger partial charge in [0.05, 0.1) is 45.8 Å². The van der Waals surface area contributed by atoms with Crippen molar-refractivity contribution >= 4 is 127 Å². The number of anilines is 4. The number of halogens is 5. The molecule has 4 N–H and O–H groups in total. The summed E-state index contributed by atoms with van der Waals surface area (Å²) in [4.78, 5) is 78.8. The molecule has 0 radical (unpaired) electrons. The molecule has 0 saturated carbocycles. The number of rotatable bonds is 21. The van der Waals surface area contributed by atoms with Crippen molar-refractivity contribution in [3.63, 3.8) is 0 Å². The van der Waals surface area contributed by atoms with Crippen molar-refractivity contribution in [1.29, 1.82) is 0 Å². The minimum Gasteiger partial charge on any atom is -0.494 e. The van der Waals surface area contributed by atoms with Gasteiger partial charge in [0.1, 0.15) is 11.5 Å². The lowest BCUT2D eigenvalue weighted by molar-refractivity contribution is -0.127. The molecule has 16 nitrogen and oxygen atoms in total. The second-order valence-electron chi connectivity index (χ2n) is 14.4. The fraction of sp³-hybridized carbons (Fsp3) is 0.234. The summed E-state index contributed by atoms with van der Waals surface area (Å²) in [6, 6.07) is 19.7. The Balaban J connectivity index is 1.26. The standard InChI is InChI=1S/C47H43Cl5N8O8/c1-5-67-33-12-7-27(22-48)40(20-33)55-44(63)35-18-31(9-14-37(35)51)57-59-42(25(3)61)46(65)53-30-11-16-39(29(17-30)24-50)54-47(66)43(26(4)62)60-58-32-10-15-38(52)36(19-32)45(64)56-41-21-34(68-6-2)13-8-28(41)23-49/h7-21,42-43H,5-6,22-24H2,1-4H3,(H,53,65)(H,54,66)(H,55,63)(H,56,64). The van der Waals surface area contributed by atoms with Crippen LogP contribution in [0.2, 0.25) is 10.0 Å². The highest BCUT2D eigenvalue weighted by Crippen LogP contribution is 2.31. The monoisotopic (exact) mass is 1020 g/mol. The fourth-order valence-electron chi connectivity index (χ4n) is 6.17. The first-order chi connectivity index (χ1) is 32.6. The average Bonchev–Trinajstić information content (AvgIpc) is 3.30. The van der Waals surface area contributed by atoms with E-state index in [1.165, 1.54) is 54.6 Å². The molecule has 0 bridgehead atoms. The van der Waals surface area contributed by atoms with E-state index in [-0.39, 0.29) is 61.6 Å². The Bertz CT molecular complexity index is 2790. The Morgan fingerprint density at radius 2 is 0.956 bits per heavy atom. The summed E-state index contributed by atoms with van der Waals surface area (Å²) in [7, 11) is 0. The molecule has 354 valence electrons. The lowest BCUT2D eigenvalue weighted by Crippen LogP contribution is -2.32. The quantitative estimate of drug-likeness (QED) is 0.0314. The number of benzene rings is 5. The summed E-state index contributed by atoms with van der Waals surface area (Å²) in [5.41, 5.74) is 3.12. The van der Waals surface area contributed by atoms with Crippen LogP contribution >= 0.6 is 58.0 Å². The van der Waals surface area contributed by atoms with Crippen LogP contribution in [0, 0.1) is 0 Å². The van der Waals surface area contributed by atoms with E-state index in [1.54, 1.807) is 36.4 Å². The highest BCUT2D eigenvalue weighted by atomic mass is 35.5. The molecule has 0 fully saturated rings. The summed E-state index contributed by atoms with van der Waals surface area (Å²) in [5.74, 6) is -3.02. The number of ether oxygens (including phenoxy) is 2. The van der Waals surface area contributed by atoms with Crippen LogP contribution in [0.15, 0.2) is 111 Å². The van der Waals surface area contributed by atoms with Crippen LogP contribution < -0.4 is 30.7 Å². The molecule has 5 aromatic carbocycles. The summed E-state index contributed by atoms with van der Waals surface area (Å²) < 4.78 is 11.1. The first-order valence-electron chi connectivity index (χ1n) is 20.6. The fourth-order valence-corrected chi connectivity index (χ4v) is 7.26. The van der Waals surface area contributed by atoms with E-state index in [1.807, 2.05) is 13.8 Å². The normalized spacial score (nSPS) is 12.0. The number of Topliss-reactive ketones (excluding diaryl/α,β-unsaturated/α-hetero) is 2. The van der Waals surface area contributed by atoms with Crippen LogP contribution in [-0.2, 0) is 36.8 Å². The van der Waals surface area contributed by atoms with Crippen molar-refractivity contribution in [3.05, 3.63) is 129 Å². The first kappa shape index (κ1) is 52.5. The molecule has 0 saturated heterocycles. The van der Waals surface area contributed by atoms with Gasteiger partial charge in [-0.2, -0.15) is 20.5 Å². The van der Waals surface area contributed by atoms with Crippen LogP contribution in [0.3, 0.4) is 0 Å². The van der Waals surface area contributed by atoms with Gasteiger partial charge in [0.15, 0.2) is 11.6 Å². The summed E-state index contributed by atoms with van der Waals surface area (Å²) in [5, 5.41) is 27.1. The van der Waals surface area contributed by atoms with Crippen molar-refractivity contribution in [2.24, 2.45) is 20.5 Å². The predicted octanol–water partition coefficient (Wildman–Crippen LogP) is 11.9. The zero-order chi connectivity index (χ0) is 49.5. The number of nitrogens with one attached hydrogen (secondary N) is 4. The molecule has 0 heterocycles. The van der Waals surface area contributed by atoms with Gasteiger partial charge in [0.2, 0.25) is 12.1 Å². The van der Waals surface area contributed by atoms with Crippen LogP contribution in [-0.4, -0.2) is 60.5 Å². The number of hydrogen-bond donors (Lipinski definition) is 4. The van der Waals surface area contributed by atoms with Crippen LogP contribution in [0.4, 0.5) is 34.1 Å². The smallest absolute Gasteiger partial charge is 0.258 e. The van der Waals surface area contributed by atoms with E-state index >= 15 is 0 Å². The Morgan fingerprint density at radius 1 is 0.515 bits per heavy atom. The maximum absolute atomic E-state index is 13.4. The third-order valence-corrected chi connectivity index (χ3v) is 11.1. The van der Waals surface area contributed by atoms with E-state index in [0.717, 1.165) is 13.8 Å². The minimum absolute atomic E-state index is 0.0334. The molecule has 0 aliphatic carbocycles. The van der Waals surface area contributed by atoms with Crippen molar-refractivity contribution in [2.75, 3.05) is 34.5 Å². The third-order valence-electron chi connectivity index (χ3n) is 9.58. The van der Waals surface area contributed by atoms with Gasteiger partial charge < -0.3 is 30.7 Å². The van der Waals surface area contributed by atoms with Gasteiger partial charge in [-0.1, -0.05) is 35.3 Å². The van der Waals surface area contributed by atoms with E-state index in [0.29, 0.717) is 52.8 Å². The highest BCUT2D eigenvalue weighted by Gasteiger charge is 2.26. The van der Waals surface area contributed by atoms with Crippen molar-refractivity contribution in [3.8, 4) is 11.5 Å². The maximum Gasteiger partial charge on any atom is 0.258 e. The van der Waals surface area contributed by atoms with E-state index < -0.39 is 47.3 Å². The van der Waals surface area contributed by atoms with E-state index in [2.05, 4.69) is 41.7 Å². The zero-order valence-electron chi connectivity index (χ0n) is 36.8. The number of alkyl halides is 3. The highest BCUT2D eigenvalue weighted by molar-refractivity contribution is 6.35. The van der Waals surface area contributed by atoms with Crippen molar-refractivity contribution < 1.29 is 38.2 Å². The number of hydrogen-bond acceptors (Lipinski definition) is 12. The van der Waals surface area contributed by atoms with Crippen molar-refractivity contribution in [2.45, 2.75) is 57.4 Å². The predicted molar refractivity (Wildman–Crippen MR) is 264 cm³/mol. The number of amides is 4. The maximum atomic E-state index is 13.4. The van der Waals surface area contributed by atoms with E-state index in [9.17, 15) is 28.8 Å². The van der Waals surface area contributed by atoms with Crippen molar-refractivity contribution in [1.82, 2.24) is 0 Å². The molecule has 2 unspecified atom stereocenters. The molecule has 0 aliphatic rings. The van der Waals surface area contributed by atoms with Gasteiger partial charge in [-0.15, -0.1) is 34.8 Å². The molecule has 4 amide bonds. The number of carbonyl (C=O) groups is 6. The number of azo groups is 2. The zero-order valence-corrected chi connectivity index (χ0v) is 40.6. The lowest BCUT2D eigenvalue weighted by Gasteiger charge is -2.15. The molecular formula is C47H43Cl5N8O8. The molecular weight excluding hydrogens is 982 g/mol. The first-order valence-corrected chi connectivity index (χ1v) is 22.9. The molecule has 21 heteroatoms. The molecule has 5 aromatic rings. The number of carbonyl (C=O) groups excluding carboxylic acids is 6. The lowest BCUT2D eigenvalue weighted by atomic mass is 10.1. The van der Waals surface area contributed by atoms with Crippen LogP contribution in [0.1, 0.15) is 65.1 Å². The Kier molecular flexibility index (Phi) is 19.4. The SMILES string of the molecule is CCOc1ccc(CCl)c(NC(=O)c2cc(N=NC(C(C)=O)C(=O)Nc3ccc(NC(=O)C(N=Nc4ccc(Cl)c(C(=O)Nc5cc(OCC)ccc5CCl)c4)C(C)=O)c(CCl)c3)ccc2Cl)c1. The second-order valence-corrected chi connectivity index (χ2v) is 16.1. The molecule has 5 rings (SSSR count). The summed E-state index contributed by atoms with van der Waals surface area (Å²) >= 11 is 31.2. The number of nitrogens with zero attached hydrogens (tertiary/aromatic N) is 4. The van der Waals surface area contributed by atoms with Gasteiger partial charge in [-0.3, -0.25) is 28.8 Å². The minimum atomic E-state index is -1.62. The molecule has 2 atom stereocenters. The van der Waals surface area contributed by atoms with E-state index in [4.69, 9.17) is 67.5 Å². The second kappa shape index (κ2) is 25.1. The Labute approximate surface area is 416 Å². The van der Waals surface area contributed by atoms with Gasteiger partial charge in [-0.05, 0) is 111 Å². The summed E-state index contributed by atoms with van der Waals surface area (Å²) in [6.45, 7) is 6.80. The molecule has 0 spiro atoms. The van der Waals surface area contributed by atoms with Gasteiger partial charge in [0.25, 0.3) is 23.6 Å². The number of ketones is 2. The van der Waals surface area contributed by atoms with Gasteiger partial charge in [0, 0.05) is 52.5 Å². The Hall–Kier alpha value is -6.43.